The van der Waals surface area contributed by atoms with Crippen molar-refractivity contribution in [2.75, 3.05) is 24.2 Å². The van der Waals surface area contributed by atoms with Gasteiger partial charge in [0.1, 0.15) is 10.9 Å². The molecule has 2 saturated heterocycles. The van der Waals surface area contributed by atoms with E-state index in [0.29, 0.717) is 42.9 Å². The number of carbonyl (C=O) groups excluding carboxylic acids is 2. The molecule has 0 bridgehead atoms. The molecule has 0 spiro atoms. The first kappa shape index (κ1) is 25.2. The highest BCUT2D eigenvalue weighted by atomic mass is 79.9. The zero-order chi connectivity index (χ0) is 24.7. The second kappa shape index (κ2) is 9.64. The summed E-state index contributed by atoms with van der Waals surface area (Å²) in [7, 11) is -3.67. The van der Waals surface area contributed by atoms with Crippen LogP contribution in [0, 0.1) is 6.92 Å². The molecule has 0 radical (unpaired) electrons. The molecule has 7 nitrogen and oxygen atoms in total. The summed E-state index contributed by atoms with van der Waals surface area (Å²) in [5.41, 5.74) is 2.02. The number of sulfonamides is 1. The zero-order valence-corrected chi connectivity index (χ0v) is 22.6. The first-order valence-corrected chi connectivity index (χ1v) is 14.5. The zero-order valence-electron chi connectivity index (χ0n) is 19.4. The minimum Gasteiger partial charge on any atom is -0.324 e. The van der Waals surface area contributed by atoms with Gasteiger partial charge < -0.3 is 10.2 Å². The van der Waals surface area contributed by atoms with Gasteiger partial charge in [0.15, 0.2) is 0 Å². The molecule has 34 heavy (non-hydrogen) atoms. The Kier molecular flexibility index (Phi) is 7.15. The molecule has 0 aliphatic carbocycles. The van der Waals surface area contributed by atoms with Crippen molar-refractivity contribution in [2.45, 2.75) is 49.4 Å². The Labute approximate surface area is 213 Å². The molecule has 2 heterocycles. The molecule has 0 aromatic heterocycles. The number of thioether (sulfide) groups is 1. The number of hydrogen-bond donors (Lipinski definition) is 1. The van der Waals surface area contributed by atoms with E-state index in [2.05, 4.69) is 21.2 Å². The summed E-state index contributed by atoms with van der Waals surface area (Å²) in [6, 6.07) is 12.2. The normalized spacial score (nSPS) is 22.3. The summed E-state index contributed by atoms with van der Waals surface area (Å²) in [4.78, 5) is 27.6. The van der Waals surface area contributed by atoms with Gasteiger partial charge in [-0.25, -0.2) is 8.42 Å². The van der Waals surface area contributed by atoms with Crippen molar-refractivity contribution in [1.82, 2.24) is 9.21 Å². The number of benzene rings is 2. The Morgan fingerprint density at radius 1 is 1.21 bits per heavy atom. The number of nitrogens with zero attached hydrogens (tertiary/aromatic N) is 2. The molecule has 2 fully saturated rings. The van der Waals surface area contributed by atoms with Gasteiger partial charge in [-0.15, -0.1) is 11.8 Å². The van der Waals surface area contributed by atoms with Crippen LogP contribution in [0.25, 0.3) is 0 Å². The maximum absolute atomic E-state index is 13.3. The largest absolute Gasteiger partial charge is 0.324 e. The number of rotatable bonds is 7. The lowest BCUT2D eigenvalue weighted by molar-refractivity contribution is -0.136. The molecular weight excluding hydrogens is 538 g/mol. The van der Waals surface area contributed by atoms with E-state index in [0.717, 1.165) is 10.0 Å². The maximum Gasteiger partial charge on any atom is 0.248 e. The van der Waals surface area contributed by atoms with Crippen LogP contribution in [0.1, 0.15) is 37.8 Å². The van der Waals surface area contributed by atoms with Crippen LogP contribution in [-0.2, 0) is 24.5 Å². The summed E-state index contributed by atoms with van der Waals surface area (Å²) in [6.45, 7) is 6.06. The third-order valence-corrected chi connectivity index (χ3v) is 10.8. The fourth-order valence-electron chi connectivity index (χ4n) is 4.73. The van der Waals surface area contributed by atoms with Gasteiger partial charge >= 0.3 is 0 Å². The van der Waals surface area contributed by atoms with E-state index >= 15 is 0 Å². The number of carbonyl (C=O) groups is 2. The predicted molar refractivity (Wildman–Crippen MR) is 138 cm³/mol. The van der Waals surface area contributed by atoms with Gasteiger partial charge in [0.2, 0.25) is 21.8 Å². The lowest BCUT2D eigenvalue weighted by Crippen LogP contribution is -2.48. The smallest absolute Gasteiger partial charge is 0.248 e. The third-order valence-electron chi connectivity index (χ3n) is 6.50. The summed E-state index contributed by atoms with van der Waals surface area (Å²) in [5, 5.41) is 2.87. The standard InChI is InChI=1S/C24H28BrN3O4S2/c1-4-27(5-2)34(31,32)21-14-19(11-6-16(21)3)26-23(30)20-15-33-24(13-12-22(29)28(20)24)17-7-9-18(25)10-8-17/h6-11,14,20H,4-5,12-13,15H2,1-3H3,(H,26,30)/t20-,24+/m0/s1. The van der Waals surface area contributed by atoms with Crippen molar-refractivity contribution >= 4 is 55.2 Å². The number of fused-ring (bicyclic) bond motifs is 1. The fraction of sp³-hybridized carbons (Fsp3) is 0.417. The van der Waals surface area contributed by atoms with Crippen molar-refractivity contribution in [3.63, 3.8) is 0 Å². The highest BCUT2D eigenvalue weighted by molar-refractivity contribution is 9.10. The molecular formula is C24H28BrN3O4S2. The quantitative estimate of drug-likeness (QED) is 0.540. The van der Waals surface area contributed by atoms with Gasteiger partial charge in [-0.3, -0.25) is 9.59 Å². The second-order valence-corrected chi connectivity index (χ2v) is 12.6. The average Bonchev–Trinajstić information content (AvgIpc) is 3.35. The minimum atomic E-state index is -3.67. The van der Waals surface area contributed by atoms with Gasteiger partial charge in [0, 0.05) is 35.4 Å². The Balaban J connectivity index is 1.60. The first-order valence-electron chi connectivity index (χ1n) is 11.3. The Bertz CT molecular complexity index is 1220. The Hall–Kier alpha value is -1.88. The number of halogens is 1. The highest BCUT2D eigenvalue weighted by Gasteiger charge is 2.56. The molecule has 0 saturated carbocycles. The van der Waals surface area contributed by atoms with E-state index in [-0.39, 0.29) is 16.7 Å². The van der Waals surface area contributed by atoms with Crippen molar-refractivity contribution in [1.29, 1.82) is 0 Å². The molecule has 2 aliphatic rings. The van der Waals surface area contributed by atoms with E-state index in [1.165, 1.54) is 10.4 Å². The van der Waals surface area contributed by atoms with Crippen molar-refractivity contribution in [2.24, 2.45) is 0 Å². The van der Waals surface area contributed by atoms with Gasteiger partial charge in [-0.05, 0) is 48.7 Å². The van der Waals surface area contributed by atoms with Crippen LogP contribution in [0.15, 0.2) is 51.8 Å². The lowest BCUT2D eigenvalue weighted by atomic mass is 10.0. The topological polar surface area (TPSA) is 86.8 Å². The molecule has 2 aliphatic heterocycles. The Morgan fingerprint density at radius 2 is 1.88 bits per heavy atom. The lowest BCUT2D eigenvalue weighted by Gasteiger charge is -2.34. The average molecular weight is 567 g/mol. The van der Waals surface area contributed by atoms with Gasteiger partial charge in [-0.1, -0.05) is 48.0 Å². The van der Waals surface area contributed by atoms with Crippen LogP contribution < -0.4 is 5.32 Å². The summed E-state index contributed by atoms with van der Waals surface area (Å²) in [5.74, 6) is 0.128. The SMILES string of the molecule is CCN(CC)S(=O)(=O)c1cc(NC(=O)[C@@H]2CS[C@@]3(c4ccc(Br)cc4)CCC(=O)N23)ccc1C. The molecule has 2 atom stereocenters. The summed E-state index contributed by atoms with van der Waals surface area (Å²) in [6.07, 6.45) is 1.04. The van der Waals surface area contributed by atoms with Crippen LogP contribution in [-0.4, -0.2) is 54.3 Å². The number of aryl methyl sites for hydroxylation is 1. The Morgan fingerprint density at radius 3 is 2.53 bits per heavy atom. The van der Waals surface area contributed by atoms with E-state index in [4.69, 9.17) is 0 Å². The third kappa shape index (κ3) is 4.29. The molecule has 182 valence electrons. The van der Waals surface area contributed by atoms with Crippen LogP contribution >= 0.6 is 27.7 Å². The highest BCUT2D eigenvalue weighted by Crippen LogP contribution is 2.54. The monoisotopic (exact) mass is 565 g/mol. The van der Waals surface area contributed by atoms with Gasteiger partial charge in [-0.2, -0.15) is 4.31 Å². The fourth-order valence-corrected chi connectivity index (χ4v) is 8.36. The minimum absolute atomic E-state index is 0.0400. The molecule has 2 aromatic rings. The summed E-state index contributed by atoms with van der Waals surface area (Å²) >= 11 is 5.07. The van der Waals surface area contributed by atoms with Crippen molar-refractivity contribution < 1.29 is 18.0 Å². The number of anilines is 1. The molecule has 1 N–H and O–H groups in total. The molecule has 10 heteroatoms. The van der Waals surface area contributed by atoms with Gasteiger partial charge in [0.25, 0.3) is 0 Å². The second-order valence-electron chi connectivity index (χ2n) is 8.44. The molecule has 2 amide bonds. The van der Waals surface area contributed by atoms with Gasteiger partial charge in [0.05, 0.1) is 4.90 Å². The van der Waals surface area contributed by atoms with E-state index in [1.807, 2.05) is 24.3 Å². The van der Waals surface area contributed by atoms with Crippen molar-refractivity contribution in [3.05, 3.63) is 58.1 Å². The number of nitrogens with one attached hydrogen (secondary N) is 1. The van der Waals surface area contributed by atoms with E-state index in [1.54, 1.807) is 49.6 Å². The first-order chi connectivity index (χ1) is 16.1. The molecule has 4 rings (SSSR count). The molecule has 2 aromatic carbocycles. The van der Waals surface area contributed by atoms with Crippen molar-refractivity contribution in [3.8, 4) is 0 Å². The van der Waals surface area contributed by atoms with E-state index < -0.39 is 20.9 Å². The van der Waals surface area contributed by atoms with E-state index in [9.17, 15) is 18.0 Å². The number of amides is 2. The van der Waals surface area contributed by atoms with Crippen LogP contribution in [0.3, 0.4) is 0 Å². The van der Waals surface area contributed by atoms with Crippen LogP contribution in [0.2, 0.25) is 0 Å². The predicted octanol–water partition coefficient (Wildman–Crippen LogP) is 4.32. The summed E-state index contributed by atoms with van der Waals surface area (Å²) < 4.78 is 28.5. The maximum atomic E-state index is 13.3. The van der Waals surface area contributed by atoms with Crippen LogP contribution in [0.4, 0.5) is 5.69 Å². The number of hydrogen-bond acceptors (Lipinski definition) is 5. The van der Waals surface area contributed by atoms with Crippen LogP contribution in [0.5, 0.6) is 0 Å². The molecule has 0 unspecified atom stereocenters.